The third-order valence-electron chi connectivity index (χ3n) is 3.77. The van der Waals surface area contributed by atoms with Crippen molar-refractivity contribution in [2.24, 2.45) is 5.92 Å². The van der Waals surface area contributed by atoms with Crippen LogP contribution in [0.15, 0.2) is 18.2 Å². The fourth-order valence-electron chi connectivity index (χ4n) is 2.69. The van der Waals surface area contributed by atoms with E-state index in [1.54, 1.807) is 18.2 Å². The fraction of sp³-hybridized carbons (Fsp3) is 0.533. The summed E-state index contributed by atoms with van der Waals surface area (Å²) in [5.74, 6) is 0.965. The summed E-state index contributed by atoms with van der Waals surface area (Å²) in [5, 5.41) is 12.3. The Morgan fingerprint density at radius 2 is 2.11 bits per heavy atom. The quantitative estimate of drug-likeness (QED) is 0.859. The van der Waals surface area contributed by atoms with E-state index >= 15 is 0 Å². The number of amides is 1. The predicted molar refractivity (Wildman–Crippen MR) is 71.8 cm³/mol. The lowest BCUT2D eigenvalue weighted by Crippen LogP contribution is -2.26. The highest BCUT2D eigenvalue weighted by Crippen LogP contribution is 2.26. The van der Waals surface area contributed by atoms with Gasteiger partial charge in [-0.15, -0.1) is 0 Å². The van der Waals surface area contributed by atoms with Gasteiger partial charge in [0.25, 0.3) is 5.91 Å². The van der Waals surface area contributed by atoms with Gasteiger partial charge in [-0.2, -0.15) is 0 Å². The molecule has 1 aliphatic carbocycles. The Kier molecular flexibility index (Phi) is 4.24. The van der Waals surface area contributed by atoms with Crippen molar-refractivity contribution in [2.45, 2.75) is 39.0 Å². The molecule has 0 aliphatic heterocycles. The molecule has 1 saturated carbocycles. The highest BCUT2D eigenvalue weighted by atomic mass is 16.3. The largest absolute Gasteiger partial charge is 0.508 e. The van der Waals surface area contributed by atoms with Gasteiger partial charge in [-0.1, -0.05) is 25.7 Å². The van der Waals surface area contributed by atoms with E-state index in [0.29, 0.717) is 5.56 Å². The van der Waals surface area contributed by atoms with Gasteiger partial charge in [0, 0.05) is 12.1 Å². The number of nitrogens with one attached hydrogen (secondary N) is 1. The van der Waals surface area contributed by atoms with Crippen LogP contribution < -0.4 is 5.32 Å². The maximum atomic E-state index is 12.0. The minimum absolute atomic E-state index is 0.0366. The monoisotopic (exact) mass is 247 g/mol. The minimum Gasteiger partial charge on any atom is -0.508 e. The second-order valence-electron chi connectivity index (χ2n) is 5.19. The number of hydrogen-bond donors (Lipinski definition) is 2. The number of hydrogen-bond acceptors (Lipinski definition) is 2. The van der Waals surface area contributed by atoms with Crippen LogP contribution in [-0.2, 0) is 0 Å². The molecule has 3 heteroatoms. The summed E-state index contributed by atoms with van der Waals surface area (Å²) in [5.41, 5.74) is 1.47. The Balaban J connectivity index is 1.83. The molecule has 1 amide bonds. The first-order chi connectivity index (χ1) is 8.66. The molecule has 3 nitrogen and oxygen atoms in total. The molecule has 1 aliphatic rings. The minimum atomic E-state index is -0.0366. The molecular weight excluding hydrogens is 226 g/mol. The van der Waals surface area contributed by atoms with E-state index in [4.69, 9.17) is 0 Å². The number of phenols is 1. The molecule has 0 spiro atoms. The van der Waals surface area contributed by atoms with Gasteiger partial charge < -0.3 is 10.4 Å². The second kappa shape index (κ2) is 5.89. The van der Waals surface area contributed by atoms with Gasteiger partial charge in [0.05, 0.1) is 0 Å². The molecule has 0 aromatic heterocycles. The zero-order chi connectivity index (χ0) is 13.0. The summed E-state index contributed by atoms with van der Waals surface area (Å²) in [6.45, 7) is 2.59. The third kappa shape index (κ3) is 3.25. The number of benzene rings is 1. The Morgan fingerprint density at radius 1 is 1.39 bits per heavy atom. The van der Waals surface area contributed by atoms with Gasteiger partial charge in [0.1, 0.15) is 5.75 Å². The summed E-state index contributed by atoms with van der Waals surface area (Å²) in [7, 11) is 0. The number of rotatable bonds is 4. The SMILES string of the molecule is Cc1cc(O)ccc1C(=O)NCCC1CCCC1. The fourth-order valence-corrected chi connectivity index (χ4v) is 2.69. The van der Waals surface area contributed by atoms with Crippen molar-refractivity contribution in [3.05, 3.63) is 29.3 Å². The molecule has 0 atom stereocenters. The first-order valence-electron chi connectivity index (χ1n) is 6.74. The van der Waals surface area contributed by atoms with Crippen molar-refractivity contribution in [3.63, 3.8) is 0 Å². The van der Waals surface area contributed by atoms with Crippen molar-refractivity contribution >= 4 is 5.91 Å². The molecule has 18 heavy (non-hydrogen) atoms. The van der Waals surface area contributed by atoms with Gasteiger partial charge in [-0.25, -0.2) is 0 Å². The predicted octanol–water partition coefficient (Wildman–Crippen LogP) is 3.01. The summed E-state index contributed by atoms with van der Waals surface area (Å²) >= 11 is 0. The van der Waals surface area contributed by atoms with Crippen LogP contribution in [-0.4, -0.2) is 17.6 Å². The van der Waals surface area contributed by atoms with Crippen LogP contribution >= 0.6 is 0 Å². The average molecular weight is 247 g/mol. The molecule has 2 rings (SSSR count). The topological polar surface area (TPSA) is 49.3 Å². The highest BCUT2D eigenvalue weighted by molar-refractivity contribution is 5.95. The Hall–Kier alpha value is -1.51. The molecule has 0 radical (unpaired) electrons. The summed E-state index contributed by atoms with van der Waals surface area (Å²) < 4.78 is 0. The van der Waals surface area contributed by atoms with Crippen molar-refractivity contribution in [1.82, 2.24) is 5.32 Å². The Labute approximate surface area is 108 Å². The lowest BCUT2D eigenvalue weighted by Gasteiger charge is -2.11. The Morgan fingerprint density at radius 3 is 2.78 bits per heavy atom. The van der Waals surface area contributed by atoms with Crippen molar-refractivity contribution in [3.8, 4) is 5.75 Å². The van der Waals surface area contributed by atoms with Gasteiger partial charge in [-0.05, 0) is 43.0 Å². The van der Waals surface area contributed by atoms with E-state index in [1.807, 2.05) is 6.92 Å². The van der Waals surface area contributed by atoms with Crippen molar-refractivity contribution in [2.75, 3.05) is 6.54 Å². The van der Waals surface area contributed by atoms with Crippen LogP contribution in [0.2, 0.25) is 0 Å². The smallest absolute Gasteiger partial charge is 0.251 e. The third-order valence-corrected chi connectivity index (χ3v) is 3.77. The molecule has 1 aromatic carbocycles. The van der Waals surface area contributed by atoms with Crippen LogP contribution in [0.1, 0.15) is 48.0 Å². The van der Waals surface area contributed by atoms with Crippen LogP contribution in [0.5, 0.6) is 5.75 Å². The zero-order valence-corrected chi connectivity index (χ0v) is 10.9. The Bertz CT molecular complexity index is 423. The summed E-state index contributed by atoms with van der Waals surface area (Å²) in [6.07, 6.45) is 6.40. The summed E-state index contributed by atoms with van der Waals surface area (Å²) in [6, 6.07) is 4.85. The molecule has 2 N–H and O–H groups in total. The first kappa shape index (κ1) is 12.9. The number of aryl methyl sites for hydroxylation is 1. The van der Waals surface area contributed by atoms with E-state index < -0.39 is 0 Å². The standard InChI is InChI=1S/C15H21NO2/c1-11-10-13(17)6-7-14(11)15(18)16-9-8-12-4-2-3-5-12/h6-7,10,12,17H,2-5,8-9H2,1H3,(H,16,18). The molecule has 1 aromatic rings. The first-order valence-corrected chi connectivity index (χ1v) is 6.74. The van der Waals surface area contributed by atoms with Gasteiger partial charge in [-0.3, -0.25) is 4.79 Å². The molecule has 0 heterocycles. The zero-order valence-electron chi connectivity index (χ0n) is 10.9. The van der Waals surface area contributed by atoms with E-state index in [9.17, 15) is 9.90 Å². The van der Waals surface area contributed by atoms with Crippen molar-refractivity contribution in [1.29, 1.82) is 0 Å². The maximum Gasteiger partial charge on any atom is 0.251 e. The lowest BCUT2D eigenvalue weighted by molar-refractivity contribution is 0.0951. The second-order valence-corrected chi connectivity index (χ2v) is 5.19. The molecule has 1 fully saturated rings. The van der Waals surface area contributed by atoms with Crippen LogP contribution in [0.4, 0.5) is 0 Å². The number of phenolic OH excluding ortho intramolecular Hbond substituents is 1. The summed E-state index contributed by atoms with van der Waals surface area (Å²) in [4.78, 5) is 12.0. The van der Waals surface area contributed by atoms with Crippen LogP contribution in [0.25, 0.3) is 0 Å². The van der Waals surface area contributed by atoms with Crippen LogP contribution in [0.3, 0.4) is 0 Å². The molecular formula is C15H21NO2. The van der Waals surface area contributed by atoms with E-state index in [0.717, 1.165) is 24.4 Å². The average Bonchev–Trinajstić information content (AvgIpc) is 2.81. The van der Waals surface area contributed by atoms with Crippen molar-refractivity contribution < 1.29 is 9.90 Å². The lowest BCUT2D eigenvalue weighted by atomic mass is 10.0. The van der Waals surface area contributed by atoms with E-state index in [2.05, 4.69) is 5.32 Å². The highest BCUT2D eigenvalue weighted by Gasteiger charge is 2.15. The molecule has 0 saturated heterocycles. The number of carbonyl (C=O) groups excluding carboxylic acids is 1. The molecule has 0 unspecified atom stereocenters. The van der Waals surface area contributed by atoms with E-state index in [1.165, 1.54) is 25.7 Å². The maximum absolute atomic E-state index is 12.0. The number of aromatic hydroxyl groups is 1. The van der Waals surface area contributed by atoms with Gasteiger partial charge in [0.2, 0.25) is 0 Å². The number of carbonyl (C=O) groups is 1. The van der Waals surface area contributed by atoms with Crippen LogP contribution in [0, 0.1) is 12.8 Å². The van der Waals surface area contributed by atoms with E-state index in [-0.39, 0.29) is 11.7 Å². The normalized spacial score (nSPS) is 15.8. The molecule has 98 valence electrons. The van der Waals surface area contributed by atoms with Gasteiger partial charge in [0.15, 0.2) is 0 Å². The van der Waals surface area contributed by atoms with Gasteiger partial charge >= 0.3 is 0 Å². The molecule has 0 bridgehead atoms.